The van der Waals surface area contributed by atoms with Gasteiger partial charge >= 0.3 is 0 Å². The second kappa shape index (κ2) is 8.27. The van der Waals surface area contributed by atoms with Gasteiger partial charge in [-0.05, 0) is 60.8 Å². The number of hydrogen-bond donors (Lipinski definition) is 1. The van der Waals surface area contributed by atoms with Crippen molar-refractivity contribution in [2.24, 2.45) is 0 Å². The van der Waals surface area contributed by atoms with Crippen molar-refractivity contribution in [3.63, 3.8) is 0 Å². The Kier molecular flexibility index (Phi) is 5.59. The number of aryl methyl sites for hydroxylation is 1. The van der Waals surface area contributed by atoms with Crippen LogP contribution in [0.1, 0.15) is 16.7 Å². The lowest BCUT2D eigenvalue weighted by atomic mass is 10.1. The number of rotatable bonds is 7. The van der Waals surface area contributed by atoms with Gasteiger partial charge in [0.1, 0.15) is 11.5 Å². The Balaban J connectivity index is 1.56. The molecule has 0 saturated carbocycles. The lowest BCUT2D eigenvalue weighted by Crippen LogP contribution is -2.17. The predicted molar refractivity (Wildman–Crippen MR) is 97.3 cm³/mol. The summed E-state index contributed by atoms with van der Waals surface area (Å²) >= 11 is 0. The van der Waals surface area contributed by atoms with E-state index in [1.807, 2.05) is 24.3 Å². The third-order valence-corrected chi connectivity index (χ3v) is 3.94. The van der Waals surface area contributed by atoms with Crippen LogP contribution in [-0.4, -0.2) is 11.5 Å². The molecule has 0 radical (unpaired) electrons. The summed E-state index contributed by atoms with van der Waals surface area (Å²) in [5.41, 5.74) is 3.88. The Bertz CT molecular complexity index is 757. The van der Waals surface area contributed by atoms with Crippen molar-refractivity contribution in [2.45, 2.75) is 19.9 Å². The van der Waals surface area contributed by atoms with Crippen molar-refractivity contribution in [1.82, 2.24) is 10.3 Å². The molecule has 0 spiro atoms. The average molecular weight is 318 g/mol. The van der Waals surface area contributed by atoms with Crippen LogP contribution in [-0.2, 0) is 13.0 Å². The normalized spacial score (nSPS) is 10.5. The third-order valence-electron chi connectivity index (χ3n) is 3.94. The van der Waals surface area contributed by atoms with Crippen LogP contribution < -0.4 is 10.1 Å². The van der Waals surface area contributed by atoms with Gasteiger partial charge in [-0.3, -0.25) is 4.98 Å². The highest BCUT2D eigenvalue weighted by Crippen LogP contribution is 2.23. The molecule has 3 heteroatoms. The van der Waals surface area contributed by atoms with Crippen LogP contribution in [0.25, 0.3) is 0 Å². The van der Waals surface area contributed by atoms with Crippen LogP contribution >= 0.6 is 0 Å². The maximum Gasteiger partial charge on any atom is 0.145 e. The van der Waals surface area contributed by atoms with Crippen molar-refractivity contribution in [1.29, 1.82) is 0 Å². The van der Waals surface area contributed by atoms with E-state index in [1.165, 1.54) is 16.7 Å². The van der Waals surface area contributed by atoms with Gasteiger partial charge in [-0.1, -0.05) is 36.4 Å². The summed E-state index contributed by atoms with van der Waals surface area (Å²) in [6.07, 6.45) is 4.49. The number of nitrogens with zero attached hydrogens (tertiary/aromatic N) is 1. The first-order valence-electron chi connectivity index (χ1n) is 8.23. The minimum absolute atomic E-state index is 0.754. The molecular formula is C21H22N2O. The highest BCUT2D eigenvalue weighted by molar-refractivity contribution is 5.37. The van der Waals surface area contributed by atoms with Gasteiger partial charge in [0.2, 0.25) is 0 Å². The molecule has 0 aliphatic rings. The first-order valence-corrected chi connectivity index (χ1v) is 8.23. The molecule has 0 unspecified atom stereocenters. The molecule has 1 aromatic heterocycles. The van der Waals surface area contributed by atoms with Crippen molar-refractivity contribution in [3.05, 3.63) is 89.7 Å². The predicted octanol–water partition coefficient (Wildman–Crippen LogP) is 4.51. The topological polar surface area (TPSA) is 34.1 Å². The van der Waals surface area contributed by atoms with Crippen LogP contribution in [0.4, 0.5) is 0 Å². The molecule has 3 rings (SSSR count). The number of aromatic nitrogens is 1. The molecule has 1 N–H and O–H groups in total. The number of ether oxygens (including phenoxy) is 1. The van der Waals surface area contributed by atoms with Crippen LogP contribution in [0.5, 0.6) is 11.5 Å². The zero-order valence-corrected chi connectivity index (χ0v) is 13.9. The summed E-state index contributed by atoms with van der Waals surface area (Å²) in [4.78, 5) is 4.07. The van der Waals surface area contributed by atoms with Gasteiger partial charge in [-0.15, -0.1) is 0 Å². The fraction of sp³-hybridized carbons (Fsp3) is 0.190. The molecule has 2 aromatic carbocycles. The van der Waals surface area contributed by atoms with E-state index in [0.29, 0.717) is 0 Å². The summed E-state index contributed by atoms with van der Waals surface area (Å²) in [5, 5.41) is 3.51. The maximum absolute atomic E-state index is 5.86. The Morgan fingerprint density at radius 1 is 0.958 bits per heavy atom. The molecule has 122 valence electrons. The first-order chi connectivity index (χ1) is 11.8. The molecule has 0 atom stereocenters. The molecule has 3 aromatic rings. The molecule has 0 aliphatic heterocycles. The Hall–Kier alpha value is -2.65. The van der Waals surface area contributed by atoms with E-state index in [4.69, 9.17) is 4.74 Å². The Morgan fingerprint density at radius 2 is 1.83 bits per heavy atom. The van der Waals surface area contributed by atoms with E-state index in [0.717, 1.165) is 31.0 Å². The lowest BCUT2D eigenvalue weighted by molar-refractivity contribution is 0.479. The molecular weight excluding hydrogens is 296 g/mol. The van der Waals surface area contributed by atoms with E-state index in [1.54, 1.807) is 12.4 Å². The summed E-state index contributed by atoms with van der Waals surface area (Å²) < 4.78 is 5.86. The van der Waals surface area contributed by atoms with Crippen molar-refractivity contribution >= 4 is 0 Å². The summed E-state index contributed by atoms with van der Waals surface area (Å²) in [6, 6.07) is 20.5. The van der Waals surface area contributed by atoms with E-state index in [9.17, 15) is 0 Å². The fourth-order valence-electron chi connectivity index (χ4n) is 2.55. The molecule has 1 heterocycles. The van der Waals surface area contributed by atoms with Crippen LogP contribution in [0.3, 0.4) is 0 Å². The minimum atomic E-state index is 0.754. The van der Waals surface area contributed by atoms with E-state index in [-0.39, 0.29) is 0 Å². The largest absolute Gasteiger partial charge is 0.456 e. The van der Waals surface area contributed by atoms with Crippen LogP contribution in [0, 0.1) is 6.92 Å². The van der Waals surface area contributed by atoms with Gasteiger partial charge in [-0.25, -0.2) is 0 Å². The second-order valence-electron chi connectivity index (χ2n) is 5.79. The van der Waals surface area contributed by atoms with Gasteiger partial charge in [0.25, 0.3) is 0 Å². The molecule has 0 aliphatic carbocycles. The van der Waals surface area contributed by atoms with E-state index < -0.39 is 0 Å². The lowest BCUT2D eigenvalue weighted by Gasteiger charge is -2.11. The van der Waals surface area contributed by atoms with E-state index >= 15 is 0 Å². The average Bonchev–Trinajstić information content (AvgIpc) is 2.63. The van der Waals surface area contributed by atoms with Gasteiger partial charge < -0.3 is 10.1 Å². The van der Waals surface area contributed by atoms with E-state index in [2.05, 4.69) is 53.6 Å². The smallest absolute Gasteiger partial charge is 0.145 e. The third kappa shape index (κ3) is 4.67. The quantitative estimate of drug-likeness (QED) is 0.651. The zero-order chi connectivity index (χ0) is 16.6. The van der Waals surface area contributed by atoms with Crippen molar-refractivity contribution in [3.8, 4) is 11.5 Å². The van der Waals surface area contributed by atoms with Gasteiger partial charge in [-0.2, -0.15) is 0 Å². The molecule has 24 heavy (non-hydrogen) atoms. The fourth-order valence-corrected chi connectivity index (χ4v) is 2.55. The molecule has 0 fully saturated rings. The van der Waals surface area contributed by atoms with Gasteiger partial charge in [0, 0.05) is 12.7 Å². The minimum Gasteiger partial charge on any atom is -0.456 e. The SMILES string of the molecule is Cc1ccc(Oc2cccnc2)cc1CNCCc1ccccc1. The second-order valence-corrected chi connectivity index (χ2v) is 5.79. The number of nitrogens with one attached hydrogen (secondary N) is 1. The number of benzene rings is 2. The molecule has 3 nitrogen and oxygen atoms in total. The zero-order valence-electron chi connectivity index (χ0n) is 13.9. The first kappa shape index (κ1) is 16.2. The van der Waals surface area contributed by atoms with Crippen LogP contribution in [0.2, 0.25) is 0 Å². The summed E-state index contributed by atoms with van der Waals surface area (Å²) in [6.45, 7) is 3.92. The highest BCUT2D eigenvalue weighted by Gasteiger charge is 2.03. The molecule has 0 bridgehead atoms. The molecule has 0 saturated heterocycles. The van der Waals surface area contributed by atoms with Crippen LogP contribution in [0.15, 0.2) is 73.1 Å². The summed E-state index contributed by atoms with van der Waals surface area (Å²) in [7, 11) is 0. The summed E-state index contributed by atoms with van der Waals surface area (Å²) in [5.74, 6) is 1.60. The van der Waals surface area contributed by atoms with Gasteiger partial charge in [0.15, 0.2) is 0 Å². The highest BCUT2D eigenvalue weighted by atomic mass is 16.5. The Morgan fingerprint density at radius 3 is 2.62 bits per heavy atom. The standard InChI is InChI=1S/C21H22N2O/c1-17-9-10-20(24-21-8-5-12-22-16-21)14-19(17)15-23-13-11-18-6-3-2-4-7-18/h2-10,12,14,16,23H,11,13,15H2,1H3. The monoisotopic (exact) mass is 318 g/mol. The number of hydrogen-bond acceptors (Lipinski definition) is 3. The Labute approximate surface area is 143 Å². The van der Waals surface area contributed by atoms with Crippen molar-refractivity contribution < 1.29 is 4.74 Å². The molecule has 0 amide bonds. The van der Waals surface area contributed by atoms with Gasteiger partial charge in [0.05, 0.1) is 6.20 Å². The maximum atomic E-state index is 5.86. The van der Waals surface area contributed by atoms with Crippen molar-refractivity contribution in [2.75, 3.05) is 6.54 Å². The number of pyridine rings is 1.